The first kappa shape index (κ1) is 11.6. The largest absolute Gasteiger partial charge is 0.303 e. The van der Waals surface area contributed by atoms with Crippen molar-refractivity contribution in [1.82, 2.24) is 0 Å². The molecule has 0 radical (unpaired) electrons. The van der Waals surface area contributed by atoms with Gasteiger partial charge in [0.15, 0.2) is 0 Å². The van der Waals surface area contributed by atoms with Gasteiger partial charge in [-0.2, -0.15) is 0 Å². The van der Waals surface area contributed by atoms with Gasteiger partial charge in [-0.05, 0) is 0 Å². The van der Waals surface area contributed by atoms with Crippen molar-refractivity contribution in [3.63, 3.8) is 0 Å². The molecule has 0 aromatic heterocycles. The van der Waals surface area contributed by atoms with E-state index in [0.29, 0.717) is 0 Å². The van der Waals surface area contributed by atoms with Crippen LogP contribution < -0.4 is 0 Å². The third-order valence-electron chi connectivity index (χ3n) is 1.21. The van der Waals surface area contributed by atoms with Crippen LogP contribution in [0.25, 0.3) is 0 Å². The standard InChI is InChI=1S/C7H6O.C4H8O/c8-6-7-4-2-1-3-5-7;1-4(2)3-5/h1-6H;3-4H,1-2H3. The Morgan fingerprint density at radius 1 is 1.08 bits per heavy atom. The highest BCUT2D eigenvalue weighted by Crippen LogP contribution is 1.91. The first-order chi connectivity index (χ1) is 6.20. The smallest absolute Gasteiger partial charge is 0.150 e. The summed E-state index contributed by atoms with van der Waals surface area (Å²) in [5.41, 5.74) is 0.729. The Hall–Kier alpha value is -1.44. The maximum Gasteiger partial charge on any atom is 0.150 e. The SMILES string of the molecule is CC(C)C=O.O=Cc1ccccc1. The molecule has 1 aromatic carbocycles. The Morgan fingerprint density at radius 3 is 1.77 bits per heavy atom. The van der Waals surface area contributed by atoms with Crippen molar-refractivity contribution in [2.45, 2.75) is 13.8 Å². The Labute approximate surface area is 78.6 Å². The number of rotatable bonds is 2. The van der Waals surface area contributed by atoms with E-state index >= 15 is 0 Å². The number of hydrogen-bond acceptors (Lipinski definition) is 2. The summed E-state index contributed by atoms with van der Waals surface area (Å²) in [4.78, 5) is 19.5. The van der Waals surface area contributed by atoms with Crippen molar-refractivity contribution in [2.24, 2.45) is 5.92 Å². The number of carbonyl (C=O) groups is 2. The summed E-state index contributed by atoms with van der Waals surface area (Å²) in [7, 11) is 0. The summed E-state index contributed by atoms with van der Waals surface area (Å²) < 4.78 is 0. The maximum atomic E-state index is 10.0. The lowest BCUT2D eigenvalue weighted by molar-refractivity contribution is -0.110. The van der Waals surface area contributed by atoms with E-state index in [4.69, 9.17) is 0 Å². The predicted octanol–water partition coefficient (Wildman–Crippen LogP) is 2.34. The first-order valence-corrected chi connectivity index (χ1v) is 4.16. The molecule has 2 heteroatoms. The van der Waals surface area contributed by atoms with Crippen molar-refractivity contribution in [3.8, 4) is 0 Å². The molecular formula is C11H14O2. The normalized spacial score (nSPS) is 8.54. The highest BCUT2D eigenvalue weighted by atomic mass is 16.1. The van der Waals surface area contributed by atoms with Crippen LogP contribution in [-0.4, -0.2) is 12.6 Å². The number of benzene rings is 1. The molecule has 0 bridgehead atoms. The fraction of sp³-hybridized carbons (Fsp3) is 0.273. The van der Waals surface area contributed by atoms with Crippen LogP contribution in [0.3, 0.4) is 0 Å². The van der Waals surface area contributed by atoms with Crippen molar-refractivity contribution >= 4 is 12.6 Å². The van der Waals surface area contributed by atoms with Crippen molar-refractivity contribution < 1.29 is 9.59 Å². The second-order valence-electron chi connectivity index (χ2n) is 2.91. The average Bonchev–Trinajstić information content (AvgIpc) is 2.20. The van der Waals surface area contributed by atoms with Crippen LogP contribution in [-0.2, 0) is 4.79 Å². The van der Waals surface area contributed by atoms with Crippen LogP contribution in [0.1, 0.15) is 24.2 Å². The minimum Gasteiger partial charge on any atom is -0.303 e. The van der Waals surface area contributed by atoms with Crippen LogP contribution in [0.5, 0.6) is 0 Å². The molecule has 1 rings (SSSR count). The fourth-order valence-corrected chi connectivity index (χ4v) is 0.532. The number of carbonyl (C=O) groups excluding carboxylic acids is 2. The van der Waals surface area contributed by atoms with E-state index in [1.807, 2.05) is 32.0 Å². The van der Waals surface area contributed by atoms with E-state index < -0.39 is 0 Å². The summed E-state index contributed by atoms with van der Waals surface area (Å²) in [6.45, 7) is 3.71. The summed E-state index contributed by atoms with van der Waals surface area (Å²) in [5.74, 6) is 0.204. The van der Waals surface area contributed by atoms with Crippen LogP contribution in [0.2, 0.25) is 0 Å². The minimum atomic E-state index is 0.204. The molecule has 0 N–H and O–H groups in total. The molecule has 0 atom stereocenters. The average molecular weight is 178 g/mol. The minimum absolute atomic E-state index is 0.204. The third-order valence-corrected chi connectivity index (χ3v) is 1.21. The monoisotopic (exact) mass is 178 g/mol. The fourth-order valence-electron chi connectivity index (χ4n) is 0.532. The quantitative estimate of drug-likeness (QED) is 0.651. The molecule has 0 heterocycles. The summed E-state index contributed by atoms with van der Waals surface area (Å²) >= 11 is 0. The van der Waals surface area contributed by atoms with Crippen molar-refractivity contribution in [3.05, 3.63) is 35.9 Å². The molecule has 0 aliphatic carbocycles. The van der Waals surface area contributed by atoms with E-state index in [0.717, 1.165) is 18.1 Å². The third kappa shape index (κ3) is 6.94. The molecule has 0 amide bonds. The van der Waals surface area contributed by atoms with Crippen LogP contribution in [0, 0.1) is 5.92 Å². The van der Waals surface area contributed by atoms with E-state index in [-0.39, 0.29) is 5.92 Å². The van der Waals surface area contributed by atoms with E-state index in [9.17, 15) is 9.59 Å². The maximum absolute atomic E-state index is 10.0. The van der Waals surface area contributed by atoms with Gasteiger partial charge in [0.1, 0.15) is 12.6 Å². The Bertz CT molecular complexity index is 240. The van der Waals surface area contributed by atoms with Crippen LogP contribution in [0.15, 0.2) is 30.3 Å². The van der Waals surface area contributed by atoms with Crippen molar-refractivity contribution in [2.75, 3.05) is 0 Å². The molecule has 2 nitrogen and oxygen atoms in total. The molecule has 0 aliphatic rings. The number of aldehydes is 2. The molecule has 0 aliphatic heterocycles. The van der Waals surface area contributed by atoms with Crippen molar-refractivity contribution in [1.29, 1.82) is 0 Å². The lowest BCUT2D eigenvalue weighted by Crippen LogP contribution is -1.82. The highest BCUT2D eigenvalue weighted by molar-refractivity contribution is 5.74. The van der Waals surface area contributed by atoms with Gasteiger partial charge in [0.05, 0.1) is 0 Å². The highest BCUT2D eigenvalue weighted by Gasteiger charge is 1.80. The van der Waals surface area contributed by atoms with Crippen LogP contribution in [0.4, 0.5) is 0 Å². The Kier molecular flexibility index (Phi) is 6.42. The summed E-state index contributed by atoms with van der Waals surface area (Å²) in [6, 6.07) is 9.10. The molecule has 0 fully saturated rings. The van der Waals surface area contributed by atoms with Gasteiger partial charge in [-0.25, -0.2) is 0 Å². The van der Waals surface area contributed by atoms with Crippen LogP contribution >= 0.6 is 0 Å². The van der Waals surface area contributed by atoms with Gasteiger partial charge in [-0.15, -0.1) is 0 Å². The molecule has 70 valence electrons. The lowest BCUT2D eigenvalue weighted by Gasteiger charge is -1.81. The molecule has 0 unspecified atom stereocenters. The lowest BCUT2D eigenvalue weighted by atomic mass is 10.2. The Balaban J connectivity index is 0.000000252. The topological polar surface area (TPSA) is 34.1 Å². The molecule has 1 aromatic rings. The molecule has 0 saturated carbocycles. The molecule has 13 heavy (non-hydrogen) atoms. The van der Waals surface area contributed by atoms with Gasteiger partial charge in [0, 0.05) is 11.5 Å². The van der Waals surface area contributed by atoms with Gasteiger partial charge in [-0.1, -0.05) is 44.2 Å². The van der Waals surface area contributed by atoms with Gasteiger partial charge in [0.25, 0.3) is 0 Å². The summed E-state index contributed by atoms with van der Waals surface area (Å²) in [6.07, 6.45) is 1.75. The Morgan fingerprint density at radius 2 is 1.54 bits per heavy atom. The zero-order valence-electron chi connectivity index (χ0n) is 7.94. The molecule has 0 spiro atoms. The van der Waals surface area contributed by atoms with Gasteiger partial charge < -0.3 is 4.79 Å². The zero-order chi connectivity index (χ0) is 10.1. The predicted molar refractivity (Wildman–Crippen MR) is 52.7 cm³/mol. The van der Waals surface area contributed by atoms with E-state index in [1.165, 1.54) is 0 Å². The molecule has 0 saturated heterocycles. The second-order valence-corrected chi connectivity index (χ2v) is 2.91. The summed E-state index contributed by atoms with van der Waals surface area (Å²) in [5, 5.41) is 0. The van der Waals surface area contributed by atoms with Gasteiger partial charge in [0.2, 0.25) is 0 Å². The van der Waals surface area contributed by atoms with Gasteiger partial charge >= 0.3 is 0 Å². The van der Waals surface area contributed by atoms with E-state index in [2.05, 4.69) is 0 Å². The molecular weight excluding hydrogens is 164 g/mol. The van der Waals surface area contributed by atoms with Gasteiger partial charge in [-0.3, -0.25) is 4.79 Å². The van der Waals surface area contributed by atoms with E-state index in [1.54, 1.807) is 12.1 Å². The zero-order valence-corrected chi connectivity index (χ0v) is 7.94. The second kappa shape index (κ2) is 7.22. The first-order valence-electron chi connectivity index (χ1n) is 4.16. The number of hydrogen-bond donors (Lipinski definition) is 0.